The van der Waals surface area contributed by atoms with Crippen molar-refractivity contribution >= 4 is 53.1 Å². The van der Waals surface area contributed by atoms with Gasteiger partial charge in [-0.15, -0.1) is 0 Å². The van der Waals surface area contributed by atoms with E-state index in [1.807, 2.05) is 0 Å². The Labute approximate surface area is 167 Å². The summed E-state index contributed by atoms with van der Waals surface area (Å²) in [5.74, 6) is 2.93. The maximum absolute atomic E-state index is 12.5. The molecule has 7 heteroatoms. The Morgan fingerprint density at radius 3 is 2.96 bits per heavy atom. The van der Waals surface area contributed by atoms with E-state index in [0.717, 1.165) is 50.0 Å². The summed E-state index contributed by atoms with van der Waals surface area (Å²) >= 11 is 0.712. The van der Waals surface area contributed by atoms with Crippen molar-refractivity contribution in [2.75, 3.05) is 3.71 Å². The minimum atomic E-state index is -1.44. The predicted molar refractivity (Wildman–Crippen MR) is 109 cm³/mol. The van der Waals surface area contributed by atoms with E-state index in [1.165, 1.54) is 20.2 Å². The van der Waals surface area contributed by atoms with Crippen LogP contribution in [0.1, 0.15) is 56.1 Å². The monoisotopic (exact) mass is 489 g/mol. The van der Waals surface area contributed by atoms with Crippen LogP contribution in [0.2, 0.25) is 0 Å². The predicted octanol–water partition coefficient (Wildman–Crippen LogP) is 4.89. The molecule has 0 bridgehead atoms. The molecule has 3 aliphatic carbocycles. The minimum absolute atomic E-state index is 0.0793. The maximum atomic E-state index is 12.5. The zero-order valence-electron chi connectivity index (χ0n) is 14.0. The summed E-state index contributed by atoms with van der Waals surface area (Å²) in [7, 11) is 1.41. The van der Waals surface area contributed by atoms with Crippen LogP contribution in [-0.4, -0.2) is 9.99 Å². The lowest BCUT2D eigenvalue weighted by molar-refractivity contribution is -0.129. The highest BCUT2D eigenvalue weighted by Gasteiger charge is 2.54. The van der Waals surface area contributed by atoms with Gasteiger partial charge in [0.1, 0.15) is 11.5 Å². The fraction of sp³-hybridized carbons (Fsp3) is 0.611. The molecule has 1 aromatic carbocycles. The second-order valence-corrected chi connectivity index (χ2v) is 10.9. The molecule has 4 nitrogen and oxygen atoms in total. The maximum Gasteiger partial charge on any atom is 0.330 e. The number of ketones is 1. The van der Waals surface area contributed by atoms with Crippen molar-refractivity contribution in [1.82, 2.24) is 0 Å². The van der Waals surface area contributed by atoms with E-state index in [-0.39, 0.29) is 5.41 Å². The summed E-state index contributed by atoms with van der Waals surface area (Å²) in [4.78, 5) is 12.5. The lowest BCUT2D eigenvalue weighted by atomic mass is 9.55. The van der Waals surface area contributed by atoms with E-state index in [0.29, 0.717) is 23.5 Å². The number of rotatable bonds is 1. The molecule has 0 aromatic heterocycles. The van der Waals surface area contributed by atoms with Gasteiger partial charge in [-0.25, -0.2) is 0 Å². The van der Waals surface area contributed by atoms with Crippen molar-refractivity contribution < 1.29 is 13.2 Å². The van der Waals surface area contributed by atoms with Gasteiger partial charge in [-0.3, -0.25) is 4.79 Å². The SMILES string of the molecule is CC12CCC3c4cc5c(cc4CCC3C1CCC2=O)OS(=O)N5SI. The standard InChI is InChI=1S/C18H20INO3S2/c1-18-7-6-11-12(14(18)4-5-17(18)21)3-2-10-8-16-15(9-13(10)11)20(24-19)25(22)23-16/h8-9,11-12,14H,2-7H2,1H3. The van der Waals surface area contributed by atoms with Gasteiger partial charge in [-0.05, 0) is 73.1 Å². The number of carbonyl (C=O) groups is 1. The third-order valence-corrected chi connectivity index (χ3v) is 10.8. The van der Waals surface area contributed by atoms with Gasteiger partial charge in [-0.1, -0.05) is 6.92 Å². The Bertz CT molecular complexity index is 801. The molecule has 5 unspecified atom stereocenters. The number of carbonyl (C=O) groups excluding carboxylic acids is 1. The quantitative estimate of drug-likeness (QED) is 0.417. The van der Waals surface area contributed by atoms with E-state index >= 15 is 0 Å². The second-order valence-electron chi connectivity index (χ2n) is 7.98. The van der Waals surface area contributed by atoms with Gasteiger partial charge in [-0.2, -0.15) is 7.92 Å². The number of Topliss-reactive ketones (excluding diaryl/α,β-unsaturated/α-hetero) is 1. The molecule has 0 amide bonds. The molecule has 1 aromatic rings. The number of fused-ring (bicyclic) bond motifs is 6. The third-order valence-electron chi connectivity index (χ3n) is 7.07. The number of nitrogens with zero attached hydrogens (tertiary/aromatic N) is 1. The largest absolute Gasteiger partial charge is 0.382 e. The third kappa shape index (κ3) is 2.30. The van der Waals surface area contributed by atoms with Crippen LogP contribution in [0.4, 0.5) is 5.69 Å². The molecule has 25 heavy (non-hydrogen) atoms. The summed E-state index contributed by atoms with van der Waals surface area (Å²) in [6.45, 7) is 2.22. The van der Waals surface area contributed by atoms with Gasteiger partial charge in [0, 0.05) is 42.2 Å². The highest BCUT2D eigenvalue weighted by atomic mass is 127. The summed E-state index contributed by atoms with van der Waals surface area (Å²) < 4.78 is 19.4. The van der Waals surface area contributed by atoms with Gasteiger partial charge in [0.15, 0.2) is 5.75 Å². The molecule has 0 spiro atoms. The smallest absolute Gasteiger partial charge is 0.330 e. The van der Waals surface area contributed by atoms with Crippen LogP contribution in [0.25, 0.3) is 0 Å². The molecule has 0 N–H and O–H groups in total. The average Bonchev–Trinajstić information content (AvgIpc) is 3.08. The second kappa shape index (κ2) is 5.86. The molecule has 4 aliphatic rings. The first-order valence-corrected chi connectivity index (χ1v) is 13.3. The van der Waals surface area contributed by atoms with Crippen LogP contribution in [0.3, 0.4) is 0 Å². The Hall–Kier alpha value is -0.280. The summed E-state index contributed by atoms with van der Waals surface area (Å²) in [6.07, 6.45) is 6.15. The van der Waals surface area contributed by atoms with Crippen molar-refractivity contribution in [3.8, 4) is 5.75 Å². The first-order chi connectivity index (χ1) is 12.0. The van der Waals surface area contributed by atoms with Crippen LogP contribution >= 0.6 is 30.3 Å². The molecule has 2 saturated carbocycles. The highest BCUT2D eigenvalue weighted by molar-refractivity contribution is 14.2. The van der Waals surface area contributed by atoms with Crippen molar-refractivity contribution in [1.29, 1.82) is 0 Å². The van der Waals surface area contributed by atoms with E-state index in [2.05, 4.69) is 40.3 Å². The van der Waals surface area contributed by atoms with Gasteiger partial charge in [0.05, 0.1) is 0 Å². The Morgan fingerprint density at radius 1 is 1.32 bits per heavy atom. The highest BCUT2D eigenvalue weighted by Crippen LogP contribution is 2.60. The molecule has 2 fully saturated rings. The Balaban J connectivity index is 1.55. The van der Waals surface area contributed by atoms with Gasteiger partial charge in [0.25, 0.3) is 0 Å². The number of halogens is 1. The van der Waals surface area contributed by atoms with Crippen LogP contribution in [0, 0.1) is 17.3 Å². The Kier molecular flexibility index (Phi) is 3.95. The molecule has 0 radical (unpaired) electrons. The molecule has 134 valence electrons. The summed E-state index contributed by atoms with van der Waals surface area (Å²) in [6, 6.07) is 4.33. The van der Waals surface area contributed by atoms with Gasteiger partial charge >= 0.3 is 11.3 Å². The zero-order chi connectivity index (χ0) is 17.3. The van der Waals surface area contributed by atoms with E-state index in [1.54, 1.807) is 3.71 Å². The number of benzene rings is 1. The molecule has 1 heterocycles. The Morgan fingerprint density at radius 2 is 2.16 bits per heavy atom. The lowest BCUT2D eigenvalue weighted by Crippen LogP contribution is -2.42. The molecule has 5 rings (SSSR count). The fourth-order valence-electron chi connectivity index (χ4n) is 5.82. The number of anilines is 1. The van der Waals surface area contributed by atoms with Crippen LogP contribution in [0.15, 0.2) is 12.1 Å². The van der Waals surface area contributed by atoms with Crippen LogP contribution < -0.4 is 7.89 Å². The van der Waals surface area contributed by atoms with Crippen molar-refractivity contribution in [3.05, 3.63) is 23.3 Å². The normalized spacial score (nSPS) is 38.6. The van der Waals surface area contributed by atoms with E-state index in [9.17, 15) is 9.00 Å². The summed E-state index contributed by atoms with van der Waals surface area (Å²) in [5, 5.41) is 0. The molecule has 5 atom stereocenters. The fourth-order valence-corrected chi connectivity index (χ4v) is 8.79. The first-order valence-electron chi connectivity index (χ1n) is 8.92. The van der Waals surface area contributed by atoms with Gasteiger partial charge < -0.3 is 4.18 Å². The summed E-state index contributed by atoms with van der Waals surface area (Å²) in [5.41, 5.74) is 3.62. The van der Waals surface area contributed by atoms with Crippen molar-refractivity contribution in [2.24, 2.45) is 17.3 Å². The van der Waals surface area contributed by atoms with Crippen molar-refractivity contribution in [3.63, 3.8) is 0 Å². The van der Waals surface area contributed by atoms with Gasteiger partial charge in [0.2, 0.25) is 0 Å². The van der Waals surface area contributed by atoms with Crippen LogP contribution in [0.5, 0.6) is 5.75 Å². The minimum Gasteiger partial charge on any atom is -0.382 e. The van der Waals surface area contributed by atoms with Crippen molar-refractivity contribution in [2.45, 2.75) is 51.4 Å². The van der Waals surface area contributed by atoms with E-state index in [4.69, 9.17) is 4.18 Å². The number of hydrogen-bond donors (Lipinski definition) is 0. The molecule has 1 aliphatic heterocycles. The van der Waals surface area contributed by atoms with Crippen LogP contribution in [-0.2, 0) is 22.5 Å². The zero-order valence-corrected chi connectivity index (χ0v) is 17.8. The molecular weight excluding hydrogens is 469 g/mol. The lowest BCUT2D eigenvalue weighted by Gasteiger charge is -2.48. The number of aryl methyl sites for hydroxylation is 1. The molecule has 0 saturated heterocycles. The molecular formula is C18H20INO3S2. The van der Waals surface area contributed by atoms with E-state index < -0.39 is 11.3 Å². The first kappa shape index (κ1) is 16.9. The number of hydrogen-bond acceptors (Lipinski definition) is 4. The topological polar surface area (TPSA) is 46.6 Å². The average molecular weight is 489 g/mol.